The SMILES string of the molecule is Cc1ccc(C(=O)c2ccc3ccccc3c2O)c(Br)c1. The summed E-state index contributed by atoms with van der Waals surface area (Å²) >= 11 is 3.42. The van der Waals surface area contributed by atoms with E-state index in [9.17, 15) is 9.90 Å². The molecule has 21 heavy (non-hydrogen) atoms. The number of phenols is 1. The van der Waals surface area contributed by atoms with Crippen molar-refractivity contribution in [2.24, 2.45) is 0 Å². The highest BCUT2D eigenvalue weighted by molar-refractivity contribution is 9.10. The molecule has 0 saturated heterocycles. The van der Waals surface area contributed by atoms with Gasteiger partial charge < -0.3 is 5.11 Å². The second-order valence-corrected chi connectivity index (χ2v) is 5.85. The van der Waals surface area contributed by atoms with Crippen molar-refractivity contribution < 1.29 is 9.90 Å². The first-order valence-electron chi connectivity index (χ1n) is 6.59. The van der Waals surface area contributed by atoms with Gasteiger partial charge in [-0.2, -0.15) is 0 Å². The topological polar surface area (TPSA) is 37.3 Å². The minimum absolute atomic E-state index is 0.0329. The largest absolute Gasteiger partial charge is 0.507 e. The highest BCUT2D eigenvalue weighted by Gasteiger charge is 2.17. The second-order valence-electron chi connectivity index (χ2n) is 5.00. The lowest BCUT2D eigenvalue weighted by atomic mass is 9.98. The molecule has 3 aromatic carbocycles. The molecule has 0 radical (unpaired) electrons. The van der Waals surface area contributed by atoms with Crippen molar-refractivity contribution in [1.29, 1.82) is 0 Å². The fraction of sp³-hybridized carbons (Fsp3) is 0.0556. The summed E-state index contributed by atoms with van der Waals surface area (Å²) in [5, 5.41) is 12.0. The highest BCUT2D eigenvalue weighted by atomic mass is 79.9. The molecule has 0 amide bonds. The van der Waals surface area contributed by atoms with Crippen molar-refractivity contribution in [3.8, 4) is 5.75 Å². The monoisotopic (exact) mass is 340 g/mol. The lowest BCUT2D eigenvalue weighted by Gasteiger charge is -2.09. The van der Waals surface area contributed by atoms with Crippen molar-refractivity contribution in [3.05, 3.63) is 75.8 Å². The molecule has 0 fully saturated rings. The number of phenolic OH excluding ortho intramolecular Hbond substituents is 1. The van der Waals surface area contributed by atoms with Crippen molar-refractivity contribution >= 4 is 32.5 Å². The number of aromatic hydroxyl groups is 1. The fourth-order valence-electron chi connectivity index (χ4n) is 2.39. The Morgan fingerprint density at radius 1 is 1.00 bits per heavy atom. The average Bonchev–Trinajstić information content (AvgIpc) is 2.47. The van der Waals surface area contributed by atoms with Crippen LogP contribution in [0, 0.1) is 6.92 Å². The molecule has 2 nitrogen and oxygen atoms in total. The predicted octanol–water partition coefficient (Wildman–Crippen LogP) is 4.85. The number of ketones is 1. The molecule has 0 aliphatic carbocycles. The number of carbonyl (C=O) groups is 1. The molecule has 0 heterocycles. The van der Waals surface area contributed by atoms with E-state index in [4.69, 9.17) is 0 Å². The van der Waals surface area contributed by atoms with E-state index in [1.54, 1.807) is 12.1 Å². The van der Waals surface area contributed by atoms with Crippen LogP contribution in [0.3, 0.4) is 0 Å². The van der Waals surface area contributed by atoms with Gasteiger partial charge in [-0.05, 0) is 36.1 Å². The molecule has 104 valence electrons. The van der Waals surface area contributed by atoms with Crippen LogP contribution >= 0.6 is 15.9 Å². The lowest BCUT2D eigenvalue weighted by molar-refractivity contribution is 0.103. The third-order valence-electron chi connectivity index (χ3n) is 3.51. The summed E-state index contributed by atoms with van der Waals surface area (Å²) in [5.41, 5.74) is 1.94. The van der Waals surface area contributed by atoms with Gasteiger partial charge >= 0.3 is 0 Å². The van der Waals surface area contributed by atoms with Gasteiger partial charge in [0.25, 0.3) is 0 Å². The maximum absolute atomic E-state index is 12.7. The van der Waals surface area contributed by atoms with Crippen LogP contribution in [0.15, 0.2) is 59.1 Å². The van der Waals surface area contributed by atoms with E-state index >= 15 is 0 Å². The molecule has 0 spiro atoms. The summed E-state index contributed by atoms with van der Waals surface area (Å²) in [6.45, 7) is 1.96. The van der Waals surface area contributed by atoms with E-state index in [2.05, 4.69) is 15.9 Å². The van der Waals surface area contributed by atoms with Gasteiger partial charge in [0, 0.05) is 15.4 Å². The molecule has 0 aliphatic rings. The zero-order valence-corrected chi connectivity index (χ0v) is 13.0. The van der Waals surface area contributed by atoms with Crippen LogP contribution < -0.4 is 0 Å². The molecular weight excluding hydrogens is 328 g/mol. The number of halogens is 1. The number of fused-ring (bicyclic) bond motifs is 1. The Bertz CT molecular complexity index is 853. The molecular formula is C18H13BrO2. The molecule has 3 rings (SSSR count). The number of benzene rings is 3. The zero-order chi connectivity index (χ0) is 15.0. The summed E-state index contributed by atoms with van der Waals surface area (Å²) in [6.07, 6.45) is 0. The molecule has 3 heteroatoms. The van der Waals surface area contributed by atoms with Gasteiger partial charge in [-0.15, -0.1) is 0 Å². The molecule has 0 saturated carbocycles. The van der Waals surface area contributed by atoms with E-state index < -0.39 is 0 Å². The Morgan fingerprint density at radius 2 is 1.71 bits per heavy atom. The van der Waals surface area contributed by atoms with E-state index in [0.717, 1.165) is 15.4 Å². The van der Waals surface area contributed by atoms with Crippen LogP contribution in [-0.4, -0.2) is 10.9 Å². The summed E-state index contributed by atoms with van der Waals surface area (Å²) in [5.74, 6) is -0.157. The first-order valence-corrected chi connectivity index (χ1v) is 7.39. The Hall–Kier alpha value is -2.13. The molecule has 0 aromatic heterocycles. The smallest absolute Gasteiger partial charge is 0.197 e. The van der Waals surface area contributed by atoms with Gasteiger partial charge in [-0.25, -0.2) is 0 Å². The zero-order valence-electron chi connectivity index (χ0n) is 11.4. The van der Waals surface area contributed by atoms with Crippen LogP contribution in [0.5, 0.6) is 5.75 Å². The van der Waals surface area contributed by atoms with E-state index in [1.807, 2.05) is 49.4 Å². The first-order chi connectivity index (χ1) is 10.1. The lowest BCUT2D eigenvalue weighted by Crippen LogP contribution is -2.03. The van der Waals surface area contributed by atoms with Crippen LogP contribution in [0.25, 0.3) is 10.8 Å². The van der Waals surface area contributed by atoms with Crippen molar-refractivity contribution in [1.82, 2.24) is 0 Å². The van der Waals surface area contributed by atoms with Crippen LogP contribution in [0.4, 0.5) is 0 Å². The van der Waals surface area contributed by atoms with Crippen molar-refractivity contribution in [2.45, 2.75) is 6.92 Å². The Morgan fingerprint density at radius 3 is 2.48 bits per heavy atom. The summed E-state index contributed by atoms with van der Waals surface area (Å²) in [4.78, 5) is 12.7. The number of hydrogen-bond acceptors (Lipinski definition) is 2. The minimum atomic E-state index is -0.190. The third kappa shape index (κ3) is 2.45. The molecule has 0 unspecified atom stereocenters. The summed E-state index contributed by atoms with van der Waals surface area (Å²) < 4.78 is 0.736. The molecule has 3 aromatic rings. The van der Waals surface area contributed by atoms with Crippen LogP contribution in [0.2, 0.25) is 0 Å². The van der Waals surface area contributed by atoms with E-state index in [1.165, 1.54) is 0 Å². The molecule has 0 aliphatic heterocycles. The summed E-state index contributed by atoms with van der Waals surface area (Å²) in [6, 6.07) is 16.5. The average molecular weight is 341 g/mol. The van der Waals surface area contributed by atoms with Crippen molar-refractivity contribution in [3.63, 3.8) is 0 Å². The standard InChI is InChI=1S/C18H13BrO2/c1-11-6-8-14(16(19)10-11)18(21)15-9-7-12-4-2-3-5-13(12)17(15)20/h2-10,20H,1H3. The predicted molar refractivity (Wildman–Crippen MR) is 87.9 cm³/mol. The number of carbonyl (C=O) groups excluding carboxylic acids is 1. The van der Waals surface area contributed by atoms with Gasteiger partial charge in [0.2, 0.25) is 0 Å². The van der Waals surface area contributed by atoms with Gasteiger partial charge in [0.15, 0.2) is 5.78 Å². The van der Waals surface area contributed by atoms with Gasteiger partial charge in [-0.1, -0.05) is 52.3 Å². The van der Waals surface area contributed by atoms with Crippen LogP contribution in [-0.2, 0) is 0 Å². The Kier molecular flexibility index (Phi) is 3.52. The molecule has 0 atom stereocenters. The Labute approximate surface area is 131 Å². The first kappa shape index (κ1) is 13.8. The fourth-order valence-corrected chi connectivity index (χ4v) is 3.06. The van der Waals surface area contributed by atoms with E-state index in [0.29, 0.717) is 16.5 Å². The third-order valence-corrected chi connectivity index (χ3v) is 4.17. The maximum atomic E-state index is 12.7. The normalized spacial score (nSPS) is 10.8. The maximum Gasteiger partial charge on any atom is 0.197 e. The number of rotatable bonds is 2. The summed E-state index contributed by atoms with van der Waals surface area (Å²) in [7, 11) is 0. The van der Waals surface area contributed by atoms with Crippen molar-refractivity contribution in [2.75, 3.05) is 0 Å². The highest BCUT2D eigenvalue weighted by Crippen LogP contribution is 2.31. The van der Waals surface area contributed by atoms with Crippen LogP contribution in [0.1, 0.15) is 21.5 Å². The number of aryl methyl sites for hydroxylation is 1. The van der Waals surface area contributed by atoms with Gasteiger partial charge in [0.05, 0.1) is 5.56 Å². The molecule has 1 N–H and O–H groups in total. The van der Waals surface area contributed by atoms with E-state index in [-0.39, 0.29) is 11.5 Å². The van der Waals surface area contributed by atoms with Gasteiger partial charge in [-0.3, -0.25) is 4.79 Å². The second kappa shape index (κ2) is 5.34. The minimum Gasteiger partial charge on any atom is -0.507 e. The molecule has 0 bridgehead atoms. The number of hydrogen-bond donors (Lipinski definition) is 1. The van der Waals surface area contributed by atoms with Gasteiger partial charge in [0.1, 0.15) is 5.75 Å². The Balaban J connectivity index is 2.16. The quantitative estimate of drug-likeness (QED) is 0.677.